The summed E-state index contributed by atoms with van der Waals surface area (Å²) >= 11 is 0. The number of aliphatic imine (C=N–C) groups is 1. The van der Waals surface area contributed by atoms with Crippen LogP contribution in [0.25, 0.3) is 0 Å². The van der Waals surface area contributed by atoms with E-state index in [4.69, 9.17) is 9.52 Å². The molecule has 0 aromatic carbocycles. The van der Waals surface area contributed by atoms with Crippen molar-refractivity contribution in [2.24, 2.45) is 10.4 Å². The predicted octanol–water partition coefficient (Wildman–Crippen LogP) is 2.80. The summed E-state index contributed by atoms with van der Waals surface area (Å²) in [7, 11) is 0. The summed E-state index contributed by atoms with van der Waals surface area (Å²) in [6, 6.07) is 1.87. The van der Waals surface area contributed by atoms with E-state index in [1.54, 1.807) is 6.26 Å². The van der Waals surface area contributed by atoms with Gasteiger partial charge in [-0.3, -0.25) is 0 Å². The summed E-state index contributed by atoms with van der Waals surface area (Å²) in [5.74, 6) is 1.03. The van der Waals surface area contributed by atoms with E-state index in [0.717, 1.165) is 31.3 Å². The van der Waals surface area contributed by atoms with Gasteiger partial charge in [0.15, 0.2) is 5.96 Å². The van der Waals surface area contributed by atoms with Gasteiger partial charge in [-0.05, 0) is 31.6 Å². The average molecular weight is 290 g/mol. The number of nitrogens with one attached hydrogen (secondary N) is 1. The lowest BCUT2D eigenvalue weighted by Crippen LogP contribution is -2.41. The molecule has 2 heterocycles. The zero-order valence-corrected chi connectivity index (χ0v) is 13.0. The Morgan fingerprint density at radius 3 is 2.95 bits per heavy atom. The van der Waals surface area contributed by atoms with Gasteiger partial charge in [-0.2, -0.15) is 0 Å². The van der Waals surface area contributed by atoms with Crippen LogP contribution in [-0.4, -0.2) is 35.7 Å². The fourth-order valence-electron chi connectivity index (χ4n) is 3.73. The van der Waals surface area contributed by atoms with Crippen molar-refractivity contribution in [2.75, 3.05) is 19.6 Å². The first kappa shape index (κ1) is 14.4. The Kier molecular flexibility index (Phi) is 4.46. The number of likely N-dealkylation sites (tertiary alicyclic amines) is 1. The molecule has 0 bridgehead atoms. The molecule has 2 aliphatic rings. The zero-order chi connectivity index (χ0) is 14.5. The van der Waals surface area contributed by atoms with E-state index >= 15 is 0 Å². The van der Waals surface area contributed by atoms with Crippen LogP contribution in [0, 0.1) is 5.41 Å². The fraction of sp³-hybridized carbons (Fsp3) is 0.750. The van der Waals surface area contributed by atoms with Crippen molar-refractivity contribution in [3.63, 3.8) is 0 Å². The maximum absolute atomic E-state index is 4.87. The van der Waals surface area contributed by atoms with Crippen LogP contribution in [0.1, 0.15) is 51.1 Å². The van der Waals surface area contributed by atoms with E-state index < -0.39 is 0 Å². The predicted molar refractivity (Wildman–Crippen MR) is 83.0 cm³/mol. The highest BCUT2D eigenvalue weighted by molar-refractivity contribution is 5.80. The van der Waals surface area contributed by atoms with E-state index in [1.807, 2.05) is 6.07 Å². The molecule has 1 aromatic heterocycles. The summed E-state index contributed by atoms with van der Waals surface area (Å²) in [5, 5.41) is 7.36. The standard InChI is InChI=1S/C16H26N4O/c1-2-17-15(18-12-14-6-11-21-19-14)20-10-9-16(13-20)7-4-3-5-8-16/h6,11H,2-5,7-10,12-13H2,1H3,(H,17,18). The molecule has 5 heteroatoms. The first-order valence-corrected chi connectivity index (χ1v) is 8.24. The Labute approximate surface area is 126 Å². The molecule has 0 unspecified atom stereocenters. The number of aromatic nitrogens is 1. The molecule has 1 saturated heterocycles. The summed E-state index contributed by atoms with van der Waals surface area (Å²) in [5.41, 5.74) is 1.44. The number of nitrogens with zero attached hydrogens (tertiary/aromatic N) is 3. The third kappa shape index (κ3) is 3.39. The molecular weight excluding hydrogens is 264 g/mol. The van der Waals surface area contributed by atoms with E-state index in [9.17, 15) is 0 Å². The highest BCUT2D eigenvalue weighted by Gasteiger charge is 2.39. The molecule has 1 N–H and O–H groups in total. The van der Waals surface area contributed by atoms with Crippen molar-refractivity contribution in [1.29, 1.82) is 0 Å². The molecule has 21 heavy (non-hydrogen) atoms. The lowest BCUT2D eigenvalue weighted by Gasteiger charge is -2.33. The van der Waals surface area contributed by atoms with Crippen molar-refractivity contribution in [3.05, 3.63) is 18.0 Å². The third-order valence-corrected chi connectivity index (χ3v) is 4.87. The molecule has 0 amide bonds. The summed E-state index contributed by atoms with van der Waals surface area (Å²) < 4.78 is 4.87. The first-order chi connectivity index (χ1) is 10.3. The van der Waals surface area contributed by atoms with Crippen molar-refractivity contribution in [1.82, 2.24) is 15.4 Å². The maximum atomic E-state index is 4.87. The van der Waals surface area contributed by atoms with Crippen LogP contribution in [0.3, 0.4) is 0 Å². The molecule has 3 rings (SSSR count). The Balaban J connectivity index is 1.65. The van der Waals surface area contributed by atoms with Crippen LogP contribution >= 0.6 is 0 Å². The Morgan fingerprint density at radius 1 is 1.38 bits per heavy atom. The highest BCUT2D eigenvalue weighted by atomic mass is 16.5. The Hall–Kier alpha value is -1.52. The topological polar surface area (TPSA) is 53.7 Å². The van der Waals surface area contributed by atoms with Gasteiger partial charge in [0, 0.05) is 25.7 Å². The van der Waals surface area contributed by atoms with Gasteiger partial charge in [-0.15, -0.1) is 0 Å². The monoisotopic (exact) mass is 290 g/mol. The molecule has 0 radical (unpaired) electrons. The van der Waals surface area contributed by atoms with Crippen LogP contribution in [0.4, 0.5) is 0 Å². The molecule has 116 valence electrons. The SMILES string of the molecule is CCNC(=NCc1ccon1)N1CCC2(CCCCC2)C1. The second-order valence-corrected chi connectivity index (χ2v) is 6.39. The molecule has 1 aliphatic carbocycles. The quantitative estimate of drug-likeness (QED) is 0.687. The van der Waals surface area contributed by atoms with Crippen molar-refractivity contribution < 1.29 is 4.52 Å². The molecule has 2 fully saturated rings. The molecule has 1 saturated carbocycles. The molecule has 1 aromatic rings. The van der Waals surface area contributed by atoms with E-state index in [-0.39, 0.29) is 0 Å². The molecule has 5 nitrogen and oxygen atoms in total. The van der Waals surface area contributed by atoms with Gasteiger partial charge in [0.2, 0.25) is 0 Å². The lowest BCUT2D eigenvalue weighted by atomic mass is 9.73. The fourth-order valence-corrected chi connectivity index (χ4v) is 3.73. The third-order valence-electron chi connectivity index (χ3n) is 4.87. The summed E-state index contributed by atoms with van der Waals surface area (Å²) in [6.45, 7) is 5.91. The number of hydrogen-bond acceptors (Lipinski definition) is 3. The normalized spacial score (nSPS) is 22.0. The number of rotatable bonds is 3. The minimum Gasteiger partial charge on any atom is -0.364 e. The van der Waals surface area contributed by atoms with E-state index in [1.165, 1.54) is 38.5 Å². The van der Waals surface area contributed by atoms with Crippen molar-refractivity contribution >= 4 is 5.96 Å². The smallest absolute Gasteiger partial charge is 0.194 e. The van der Waals surface area contributed by atoms with Crippen LogP contribution in [0.2, 0.25) is 0 Å². The van der Waals surface area contributed by atoms with Crippen molar-refractivity contribution in [2.45, 2.75) is 52.0 Å². The Morgan fingerprint density at radius 2 is 2.24 bits per heavy atom. The molecular formula is C16H26N4O. The van der Waals surface area contributed by atoms with E-state index in [2.05, 4.69) is 22.3 Å². The average Bonchev–Trinajstić information content (AvgIpc) is 3.15. The van der Waals surface area contributed by atoms with E-state index in [0.29, 0.717) is 12.0 Å². The Bertz CT molecular complexity index is 463. The van der Waals surface area contributed by atoms with Crippen LogP contribution in [-0.2, 0) is 6.54 Å². The highest BCUT2D eigenvalue weighted by Crippen LogP contribution is 2.43. The van der Waals surface area contributed by atoms with Crippen LogP contribution in [0.5, 0.6) is 0 Å². The van der Waals surface area contributed by atoms with Crippen LogP contribution < -0.4 is 5.32 Å². The van der Waals surface area contributed by atoms with Gasteiger partial charge in [-0.1, -0.05) is 24.4 Å². The minimum atomic E-state index is 0.558. The summed E-state index contributed by atoms with van der Waals surface area (Å²) in [6.07, 6.45) is 9.94. The lowest BCUT2D eigenvalue weighted by molar-refractivity contribution is 0.203. The van der Waals surface area contributed by atoms with Gasteiger partial charge in [0.1, 0.15) is 12.0 Å². The molecule has 1 aliphatic heterocycles. The largest absolute Gasteiger partial charge is 0.364 e. The van der Waals surface area contributed by atoms with Gasteiger partial charge in [-0.25, -0.2) is 4.99 Å². The van der Waals surface area contributed by atoms with Crippen LogP contribution in [0.15, 0.2) is 21.8 Å². The molecule has 0 atom stereocenters. The minimum absolute atomic E-state index is 0.558. The van der Waals surface area contributed by atoms with Gasteiger partial charge >= 0.3 is 0 Å². The van der Waals surface area contributed by atoms with Gasteiger partial charge < -0.3 is 14.7 Å². The second kappa shape index (κ2) is 6.50. The van der Waals surface area contributed by atoms with Gasteiger partial charge in [0.05, 0.1) is 6.54 Å². The zero-order valence-electron chi connectivity index (χ0n) is 13.0. The summed E-state index contributed by atoms with van der Waals surface area (Å²) in [4.78, 5) is 7.16. The number of guanidine groups is 1. The van der Waals surface area contributed by atoms with Crippen molar-refractivity contribution in [3.8, 4) is 0 Å². The maximum Gasteiger partial charge on any atom is 0.194 e. The first-order valence-electron chi connectivity index (χ1n) is 8.24. The van der Waals surface area contributed by atoms with Gasteiger partial charge in [0.25, 0.3) is 0 Å². The second-order valence-electron chi connectivity index (χ2n) is 6.39. The number of hydrogen-bond donors (Lipinski definition) is 1. The molecule has 1 spiro atoms.